The lowest BCUT2D eigenvalue weighted by Crippen LogP contribution is -2.20. The van der Waals surface area contributed by atoms with Gasteiger partial charge >= 0.3 is 0 Å². The smallest absolute Gasteiger partial charge is 0.268 e. The van der Waals surface area contributed by atoms with Gasteiger partial charge in [-0.1, -0.05) is 59.7 Å². The Kier molecular flexibility index (Phi) is 7.51. The van der Waals surface area contributed by atoms with Crippen molar-refractivity contribution in [1.82, 2.24) is 20.4 Å². The Bertz CT molecular complexity index is 1630. The molecule has 3 aromatic carbocycles. The summed E-state index contributed by atoms with van der Waals surface area (Å²) in [6.07, 6.45) is 0. The highest BCUT2D eigenvalue weighted by molar-refractivity contribution is 14.1. The predicted molar refractivity (Wildman–Crippen MR) is 161 cm³/mol. The van der Waals surface area contributed by atoms with Crippen LogP contribution in [0.15, 0.2) is 70.3 Å². The van der Waals surface area contributed by atoms with E-state index in [2.05, 4.69) is 43.0 Å². The molecule has 9 heteroatoms. The monoisotopic (exact) mass is 636 g/mol. The van der Waals surface area contributed by atoms with E-state index in [4.69, 9.17) is 9.47 Å². The van der Waals surface area contributed by atoms with Gasteiger partial charge in [-0.05, 0) is 72.2 Å². The van der Waals surface area contributed by atoms with Crippen LogP contribution in [0, 0.1) is 17.4 Å². The molecule has 39 heavy (non-hydrogen) atoms. The second kappa shape index (κ2) is 11.0. The molecule has 0 bridgehead atoms. The molecule has 4 N–H and O–H groups in total. The molecule has 8 nitrogen and oxygen atoms in total. The van der Waals surface area contributed by atoms with Crippen LogP contribution in [-0.2, 0) is 0 Å². The van der Waals surface area contributed by atoms with E-state index in [9.17, 15) is 9.59 Å². The van der Waals surface area contributed by atoms with Crippen molar-refractivity contribution < 1.29 is 9.47 Å². The van der Waals surface area contributed by atoms with Crippen LogP contribution >= 0.6 is 22.6 Å². The van der Waals surface area contributed by atoms with Crippen molar-refractivity contribution in [3.05, 3.63) is 113 Å². The Labute approximate surface area is 238 Å². The molecule has 5 rings (SSSR count). The molecule has 0 saturated carbocycles. The molecule has 0 aliphatic carbocycles. The van der Waals surface area contributed by atoms with Crippen molar-refractivity contribution in [1.29, 1.82) is 0 Å². The van der Waals surface area contributed by atoms with Crippen LogP contribution in [-0.4, -0.2) is 34.1 Å². The molecule has 0 fully saturated rings. The van der Waals surface area contributed by atoms with Gasteiger partial charge in [-0.25, -0.2) is 0 Å². The van der Waals surface area contributed by atoms with Gasteiger partial charge in [0.15, 0.2) is 11.5 Å². The summed E-state index contributed by atoms with van der Waals surface area (Å²) >= 11 is 2.19. The van der Waals surface area contributed by atoms with E-state index in [1.54, 1.807) is 7.11 Å². The first kappa shape index (κ1) is 26.6. The molecule has 2 aromatic heterocycles. The third kappa shape index (κ3) is 5.06. The number of hydrogen-bond acceptors (Lipinski definition) is 4. The van der Waals surface area contributed by atoms with Crippen LogP contribution in [0.5, 0.6) is 11.5 Å². The average Bonchev–Trinajstić information content (AvgIpc) is 3.48. The van der Waals surface area contributed by atoms with Crippen molar-refractivity contribution in [2.75, 3.05) is 13.7 Å². The van der Waals surface area contributed by atoms with E-state index in [-0.39, 0.29) is 11.1 Å². The molecule has 5 aromatic rings. The highest BCUT2D eigenvalue weighted by Gasteiger charge is 2.32. The van der Waals surface area contributed by atoms with Gasteiger partial charge in [0.1, 0.15) is 0 Å². The van der Waals surface area contributed by atoms with Gasteiger partial charge in [-0.2, -0.15) is 0 Å². The summed E-state index contributed by atoms with van der Waals surface area (Å²) in [5.74, 6) is 0.407. The predicted octanol–water partition coefficient (Wildman–Crippen LogP) is 5.86. The lowest BCUT2D eigenvalue weighted by atomic mass is 9.83. The molecular weight excluding hydrogens is 607 g/mol. The van der Waals surface area contributed by atoms with Gasteiger partial charge in [0, 0.05) is 5.92 Å². The number of ether oxygens (including phenoxy) is 2. The maximum atomic E-state index is 13.5. The quantitative estimate of drug-likeness (QED) is 0.160. The molecule has 0 saturated heterocycles. The lowest BCUT2D eigenvalue weighted by molar-refractivity contribution is 0.309. The number of halogens is 1. The Morgan fingerprint density at radius 3 is 1.69 bits per heavy atom. The fourth-order valence-corrected chi connectivity index (χ4v) is 5.72. The first-order chi connectivity index (χ1) is 18.8. The van der Waals surface area contributed by atoms with Gasteiger partial charge in [-0.3, -0.25) is 30.0 Å². The van der Waals surface area contributed by atoms with E-state index < -0.39 is 5.92 Å². The summed E-state index contributed by atoms with van der Waals surface area (Å²) in [6, 6.07) is 19.6. The summed E-state index contributed by atoms with van der Waals surface area (Å²) < 4.78 is 12.4. The number of H-pyrrole nitrogens is 4. The Morgan fingerprint density at radius 1 is 0.769 bits per heavy atom. The van der Waals surface area contributed by atoms with Crippen molar-refractivity contribution in [2.45, 2.75) is 26.7 Å². The number of aromatic amines is 4. The number of nitrogens with one attached hydrogen (secondary N) is 4. The normalized spacial score (nSPS) is 11.2. The molecule has 0 amide bonds. The highest BCUT2D eigenvalue weighted by Crippen LogP contribution is 2.42. The number of benzene rings is 3. The minimum absolute atomic E-state index is 0.310. The largest absolute Gasteiger partial charge is 0.492 e. The van der Waals surface area contributed by atoms with E-state index >= 15 is 0 Å². The molecule has 0 unspecified atom stereocenters. The average molecular weight is 636 g/mol. The van der Waals surface area contributed by atoms with Gasteiger partial charge in [0.2, 0.25) is 0 Å². The number of hydrogen-bond donors (Lipinski definition) is 4. The van der Waals surface area contributed by atoms with Gasteiger partial charge in [-0.15, -0.1) is 0 Å². The van der Waals surface area contributed by atoms with Crippen LogP contribution in [0.4, 0.5) is 0 Å². The molecule has 0 aliphatic heterocycles. The van der Waals surface area contributed by atoms with E-state index in [1.165, 1.54) is 0 Å². The minimum atomic E-state index is -0.735. The van der Waals surface area contributed by atoms with E-state index in [0.29, 0.717) is 40.6 Å². The summed E-state index contributed by atoms with van der Waals surface area (Å²) in [6.45, 7) is 6.35. The zero-order chi connectivity index (χ0) is 27.7. The highest BCUT2D eigenvalue weighted by atomic mass is 127. The Hall–Kier alpha value is -3.99. The molecular formula is C30H29IN4O4. The van der Waals surface area contributed by atoms with Crippen molar-refractivity contribution in [3.63, 3.8) is 0 Å². The molecule has 2 heterocycles. The third-order valence-electron chi connectivity index (χ3n) is 6.76. The zero-order valence-electron chi connectivity index (χ0n) is 22.1. The number of aryl methyl sites for hydroxylation is 2. The Morgan fingerprint density at radius 2 is 1.26 bits per heavy atom. The van der Waals surface area contributed by atoms with Crippen molar-refractivity contribution in [2.24, 2.45) is 0 Å². The first-order valence-corrected chi connectivity index (χ1v) is 13.7. The van der Waals surface area contributed by atoms with E-state index in [1.807, 2.05) is 81.4 Å². The molecule has 200 valence electrons. The molecule has 0 radical (unpaired) electrons. The minimum Gasteiger partial charge on any atom is -0.492 e. The summed E-state index contributed by atoms with van der Waals surface area (Å²) in [5.41, 5.74) is 6.06. The third-order valence-corrected chi connectivity index (χ3v) is 7.56. The second-order valence-electron chi connectivity index (χ2n) is 9.37. The summed E-state index contributed by atoms with van der Waals surface area (Å²) in [7, 11) is 1.59. The van der Waals surface area contributed by atoms with E-state index in [0.717, 1.165) is 31.4 Å². The van der Waals surface area contributed by atoms with Crippen molar-refractivity contribution in [3.8, 4) is 34.0 Å². The number of rotatable bonds is 8. The van der Waals surface area contributed by atoms with Gasteiger partial charge in [0.05, 0.1) is 39.8 Å². The van der Waals surface area contributed by atoms with Gasteiger partial charge in [0.25, 0.3) is 11.1 Å². The van der Waals surface area contributed by atoms with Crippen molar-refractivity contribution >= 4 is 22.6 Å². The van der Waals surface area contributed by atoms with Gasteiger partial charge < -0.3 is 9.47 Å². The fourth-order valence-electron chi connectivity index (χ4n) is 4.87. The first-order valence-electron chi connectivity index (χ1n) is 12.6. The Balaban J connectivity index is 1.84. The maximum absolute atomic E-state index is 13.5. The molecule has 0 aliphatic rings. The maximum Gasteiger partial charge on any atom is 0.268 e. The summed E-state index contributed by atoms with van der Waals surface area (Å²) in [5, 5.41) is 11.7. The fraction of sp³-hybridized carbons (Fsp3) is 0.200. The van der Waals surface area contributed by atoms with Crippen LogP contribution < -0.4 is 20.6 Å². The summed E-state index contributed by atoms with van der Waals surface area (Å²) in [4.78, 5) is 27.1. The lowest BCUT2D eigenvalue weighted by Gasteiger charge is -2.21. The van der Waals surface area contributed by atoms with Crippen LogP contribution in [0.25, 0.3) is 22.5 Å². The zero-order valence-corrected chi connectivity index (χ0v) is 24.2. The van der Waals surface area contributed by atoms with Crippen LogP contribution in [0.3, 0.4) is 0 Å². The number of methoxy groups -OCH3 is 1. The standard InChI is InChI=1S/C30H29IN4O4/c1-5-39-22-15-20(14-21(31)28(22)38-4)23(24-26(32-34-29(24)36)18-10-6-16(2)7-11-18)25-27(33-35-30(25)37)19-12-8-17(3)9-13-19/h6-15,23H,5H2,1-4H3,(H2,32,34,36)(H2,33,35,37). The van der Waals surface area contributed by atoms with Crippen LogP contribution in [0.1, 0.15) is 40.7 Å². The second-order valence-corrected chi connectivity index (χ2v) is 10.5. The number of aromatic nitrogens is 4. The topological polar surface area (TPSA) is 116 Å². The molecule has 0 atom stereocenters. The van der Waals surface area contributed by atoms with Crippen LogP contribution in [0.2, 0.25) is 0 Å². The SMILES string of the molecule is CCOc1cc(C(c2c(-c3ccc(C)cc3)[nH][nH]c2=O)c2c(-c3ccc(C)cc3)[nH][nH]c2=O)cc(I)c1OC. The molecule has 0 spiro atoms.